The van der Waals surface area contributed by atoms with Gasteiger partial charge in [-0.05, 0) is 17.4 Å². The lowest BCUT2D eigenvalue weighted by molar-refractivity contribution is 0.471. The molecule has 0 fully saturated rings. The number of rotatable bonds is 1. The Morgan fingerprint density at radius 2 is 2.00 bits per heavy atom. The maximum Gasteiger partial charge on any atom is 0.0271 e. The first-order valence-corrected chi connectivity index (χ1v) is 4.74. The number of allylic oxidation sites excluding steroid dienone is 1. The zero-order chi connectivity index (χ0) is 9.35. The molecule has 0 amide bonds. The van der Waals surface area contributed by atoms with Gasteiger partial charge in [0.1, 0.15) is 0 Å². The molecule has 0 radical (unpaired) electrons. The highest BCUT2D eigenvalue weighted by Gasteiger charge is 2.27. The van der Waals surface area contributed by atoms with Crippen LogP contribution in [0, 0.1) is 11.3 Å². The van der Waals surface area contributed by atoms with Crippen LogP contribution in [-0.4, -0.2) is 5.71 Å². The minimum Gasteiger partial charge on any atom is -0.265 e. The SMILES string of the molecule is CCC1=NC=C(C(C)(C)C)C1C. The molecule has 1 unspecified atom stereocenters. The van der Waals surface area contributed by atoms with E-state index in [1.807, 2.05) is 0 Å². The van der Waals surface area contributed by atoms with Gasteiger partial charge in [-0.3, -0.25) is 4.99 Å². The topological polar surface area (TPSA) is 12.4 Å². The Bertz CT molecular complexity index is 228. The van der Waals surface area contributed by atoms with E-state index in [0.29, 0.717) is 5.92 Å². The Hall–Kier alpha value is -0.590. The van der Waals surface area contributed by atoms with E-state index in [-0.39, 0.29) is 5.41 Å². The molecule has 1 aliphatic heterocycles. The third kappa shape index (κ3) is 1.60. The first kappa shape index (κ1) is 9.50. The van der Waals surface area contributed by atoms with Crippen molar-refractivity contribution in [3.05, 3.63) is 11.8 Å². The Kier molecular flexibility index (Phi) is 2.41. The third-order valence-electron chi connectivity index (χ3n) is 2.56. The fourth-order valence-corrected chi connectivity index (χ4v) is 1.80. The molecular weight excluding hydrogens is 146 g/mol. The van der Waals surface area contributed by atoms with Crippen molar-refractivity contribution in [2.75, 3.05) is 0 Å². The molecule has 0 bridgehead atoms. The summed E-state index contributed by atoms with van der Waals surface area (Å²) < 4.78 is 0. The smallest absolute Gasteiger partial charge is 0.0271 e. The summed E-state index contributed by atoms with van der Waals surface area (Å²) in [5.74, 6) is 0.565. The first-order valence-electron chi connectivity index (χ1n) is 4.74. The molecule has 1 rings (SSSR count). The van der Waals surface area contributed by atoms with Gasteiger partial charge in [-0.1, -0.05) is 34.6 Å². The Morgan fingerprint density at radius 1 is 1.42 bits per heavy atom. The first-order chi connectivity index (χ1) is 5.46. The summed E-state index contributed by atoms with van der Waals surface area (Å²) in [5, 5.41) is 0. The van der Waals surface area contributed by atoms with Gasteiger partial charge in [-0.25, -0.2) is 0 Å². The van der Waals surface area contributed by atoms with E-state index >= 15 is 0 Å². The zero-order valence-electron chi connectivity index (χ0n) is 8.81. The number of aliphatic imine (C=N–C) groups is 1. The summed E-state index contributed by atoms with van der Waals surface area (Å²) in [4.78, 5) is 4.44. The molecule has 1 atom stereocenters. The molecule has 1 heteroatoms. The maximum absolute atomic E-state index is 4.44. The van der Waals surface area contributed by atoms with Crippen molar-refractivity contribution in [1.82, 2.24) is 0 Å². The quantitative estimate of drug-likeness (QED) is 0.564. The highest BCUT2D eigenvalue weighted by atomic mass is 14.8. The predicted molar refractivity (Wildman–Crippen MR) is 54.4 cm³/mol. The summed E-state index contributed by atoms with van der Waals surface area (Å²) in [6.07, 6.45) is 3.14. The van der Waals surface area contributed by atoms with Gasteiger partial charge in [0, 0.05) is 17.8 Å². The fraction of sp³-hybridized carbons (Fsp3) is 0.727. The van der Waals surface area contributed by atoms with Crippen LogP contribution in [-0.2, 0) is 0 Å². The second-order valence-electron chi connectivity index (χ2n) is 4.53. The van der Waals surface area contributed by atoms with E-state index in [4.69, 9.17) is 0 Å². The number of hydrogen-bond acceptors (Lipinski definition) is 1. The summed E-state index contributed by atoms with van der Waals surface area (Å²) in [6.45, 7) is 11.2. The molecule has 0 spiro atoms. The molecule has 0 saturated carbocycles. The van der Waals surface area contributed by atoms with Crippen LogP contribution in [0.2, 0.25) is 0 Å². The van der Waals surface area contributed by atoms with E-state index in [1.165, 1.54) is 11.3 Å². The van der Waals surface area contributed by atoms with Gasteiger partial charge >= 0.3 is 0 Å². The van der Waals surface area contributed by atoms with Crippen molar-refractivity contribution >= 4 is 5.71 Å². The molecule has 0 aromatic rings. The lowest BCUT2D eigenvalue weighted by Gasteiger charge is -2.24. The maximum atomic E-state index is 4.44. The molecule has 0 N–H and O–H groups in total. The van der Waals surface area contributed by atoms with Crippen LogP contribution in [0.1, 0.15) is 41.0 Å². The van der Waals surface area contributed by atoms with Crippen LogP contribution < -0.4 is 0 Å². The van der Waals surface area contributed by atoms with Crippen molar-refractivity contribution in [3.8, 4) is 0 Å². The number of nitrogens with zero attached hydrogens (tertiary/aromatic N) is 1. The third-order valence-corrected chi connectivity index (χ3v) is 2.56. The fourth-order valence-electron chi connectivity index (χ4n) is 1.80. The van der Waals surface area contributed by atoms with Crippen LogP contribution >= 0.6 is 0 Å². The van der Waals surface area contributed by atoms with Crippen LogP contribution in [0.5, 0.6) is 0 Å². The molecule has 12 heavy (non-hydrogen) atoms. The standard InChI is InChI=1S/C11H19N/c1-6-10-8(2)9(7-12-10)11(3,4)5/h7-8H,6H2,1-5H3. The van der Waals surface area contributed by atoms with E-state index in [2.05, 4.69) is 45.8 Å². The van der Waals surface area contributed by atoms with Gasteiger partial charge < -0.3 is 0 Å². The van der Waals surface area contributed by atoms with E-state index in [0.717, 1.165) is 6.42 Å². The lowest BCUT2D eigenvalue weighted by Crippen LogP contribution is -2.18. The highest BCUT2D eigenvalue weighted by Crippen LogP contribution is 2.35. The van der Waals surface area contributed by atoms with Crippen LogP contribution in [0.15, 0.2) is 16.8 Å². The lowest BCUT2D eigenvalue weighted by atomic mass is 9.79. The Balaban J connectivity index is 2.78. The molecule has 1 aliphatic rings. The van der Waals surface area contributed by atoms with Gasteiger partial charge in [0.05, 0.1) is 0 Å². The van der Waals surface area contributed by atoms with Gasteiger partial charge in [0.2, 0.25) is 0 Å². The molecule has 0 aromatic heterocycles. The van der Waals surface area contributed by atoms with Crippen molar-refractivity contribution in [3.63, 3.8) is 0 Å². The molecule has 0 aromatic carbocycles. The molecule has 1 nitrogen and oxygen atoms in total. The Morgan fingerprint density at radius 3 is 2.25 bits per heavy atom. The molecule has 1 heterocycles. The molecular formula is C11H19N. The van der Waals surface area contributed by atoms with E-state index < -0.39 is 0 Å². The average Bonchev–Trinajstić information content (AvgIpc) is 2.29. The van der Waals surface area contributed by atoms with Crippen LogP contribution in [0.25, 0.3) is 0 Å². The normalized spacial score (nSPS) is 23.9. The zero-order valence-corrected chi connectivity index (χ0v) is 8.81. The summed E-state index contributed by atoms with van der Waals surface area (Å²) in [6, 6.07) is 0. The van der Waals surface area contributed by atoms with Crippen molar-refractivity contribution < 1.29 is 0 Å². The number of hydrogen-bond donors (Lipinski definition) is 0. The summed E-state index contributed by atoms with van der Waals surface area (Å²) in [5.41, 5.74) is 3.08. The minimum absolute atomic E-state index is 0.278. The van der Waals surface area contributed by atoms with Crippen LogP contribution in [0.3, 0.4) is 0 Å². The summed E-state index contributed by atoms with van der Waals surface area (Å²) in [7, 11) is 0. The van der Waals surface area contributed by atoms with Crippen molar-refractivity contribution in [2.24, 2.45) is 16.3 Å². The largest absolute Gasteiger partial charge is 0.265 e. The average molecular weight is 165 g/mol. The monoisotopic (exact) mass is 165 g/mol. The predicted octanol–water partition coefficient (Wildman–Crippen LogP) is 3.42. The van der Waals surface area contributed by atoms with Crippen LogP contribution in [0.4, 0.5) is 0 Å². The van der Waals surface area contributed by atoms with Crippen molar-refractivity contribution in [1.29, 1.82) is 0 Å². The molecule has 0 saturated heterocycles. The Labute approximate surface area is 75.6 Å². The van der Waals surface area contributed by atoms with Gasteiger partial charge in [0.25, 0.3) is 0 Å². The van der Waals surface area contributed by atoms with E-state index in [9.17, 15) is 0 Å². The molecule has 68 valence electrons. The van der Waals surface area contributed by atoms with E-state index in [1.54, 1.807) is 0 Å². The molecule has 0 aliphatic carbocycles. The van der Waals surface area contributed by atoms with Gasteiger partial charge in [0.15, 0.2) is 0 Å². The van der Waals surface area contributed by atoms with Gasteiger partial charge in [-0.15, -0.1) is 0 Å². The highest BCUT2D eigenvalue weighted by molar-refractivity contribution is 5.91. The minimum atomic E-state index is 0.278. The second kappa shape index (κ2) is 3.04. The van der Waals surface area contributed by atoms with Crippen molar-refractivity contribution in [2.45, 2.75) is 41.0 Å². The second-order valence-corrected chi connectivity index (χ2v) is 4.53. The summed E-state index contributed by atoms with van der Waals surface area (Å²) >= 11 is 0. The van der Waals surface area contributed by atoms with Gasteiger partial charge in [-0.2, -0.15) is 0 Å².